The Morgan fingerprint density at radius 1 is 1.35 bits per heavy atom. The smallest absolute Gasteiger partial charge is 0.242 e. The Balaban J connectivity index is 2.92. The van der Waals surface area contributed by atoms with E-state index in [4.69, 9.17) is 0 Å². The van der Waals surface area contributed by atoms with Gasteiger partial charge in [0.25, 0.3) is 0 Å². The molecule has 0 aliphatic carbocycles. The minimum absolute atomic E-state index is 0.0973. The van der Waals surface area contributed by atoms with Crippen LogP contribution in [0.3, 0.4) is 0 Å². The molecule has 0 bridgehead atoms. The number of rotatable bonds is 3. The number of halogens is 3. The maximum Gasteiger partial charge on any atom is 0.408 e. The molecule has 17 heavy (non-hydrogen) atoms. The van der Waals surface area contributed by atoms with E-state index in [9.17, 15) is 17.4 Å². The van der Waals surface area contributed by atoms with Crippen molar-refractivity contribution in [3.63, 3.8) is 0 Å². The molecule has 2 atom stereocenters. The van der Waals surface area contributed by atoms with E-state index in [1.54, 1.807) is 26.2 Å². The van der Waals surface area contributed by atoms with Crippen molar-refractivity contribution in [2.24, 2.45) is 0 Å². The molecule has 0 aliphatic heterocycles. The zero-order valence-corrected chi connectivity index (χ0v) is 11.3. The average Bonchev–Trinajstić information content (AvgIpc) is 2.62. The average molecular weight is 285 g/mol. The summed E-state index contributed by atoms with van der Waals surface area (Å²) >= 11 is 1.18. The summed E-state index contributed by atoms with van der Waals surface area (Å²) < 4.78 is 51.7. The van der Waals surface area contributed by atoms with Gasteiger partial charge in [-0.05, 0) is 43.2 Å². The molecule has 0 saturated heterocycles. The first-order valence-corrected chi connectivity index (χ1v) is 6.98. The first-order chi connectivity index (χ1) is 7.62. The van der Waals surface area contributed by atoms with E-state index in [1.807, 2.05) is 0 Å². The zero-order valence-electron chi connectivity index (χ0n) is 9.67. The lowest BCUT2D eigenvalue weighted by molar-refractivity contribution is -0.152. The summed E-state index contributed by atoms with van der Waals surface area (Å²) in [5, 5.41) is 2.97. The van der Waals surface area contributed by atoms with Crippen molar-refractivity contribution in [3.05, 3.63) is 22.4 Å². The fourth-order valence-electron chi connectivity index (χ4n) is 1.05. The lowest BCUT2D eigenvalue weighted by atomic mass is 10.1. The van der Waals surface area contributed by atoms with Crippen molar-refractivity contribution in [3.8, 4) is 0 Å². The van der Waals surface area contributed by atoms with Gasteiger partial charge in [-0.2, -0.15) is 24.5 Å². The standard InChI is InChI=1S/C10H14F3NOS2/c1-9(2,3)17(15)14-8(10(11,12)13)7-4-5-16-6-7/h4-6,8,14H,1-3H3/t8-,17+/m0/s1. The highest BCUT2D eigenvalue weighted by atomic mass is 32.2. The third-order valence-electron chi connectivity index (χ3n) is 1.98. The monoisotopic (exact) mass is 285 g/mol. The van der Waals surface area contributed by atoms with Gasteiger partial charge in [-0.15, -0.1) is 0 Å². The molecular weight excluding hydrogens is 271 g/mol. The van der Waals surface area contributed by atoms with Crippen LogP contribution in [-0.4, -0.2) is 15.1 Å². The van der Waals surface area contributed by atoms with Crippen molar-refractivity contribution in [2.75, 3.05) is 0 Å². The highest BCUT2D eigenvalue weighted by molar-refractivity contribution is 7.84. The van der Waals surface area contributed by atoms with Gasteiger partial charge >= 0.3 is 6.18 Å². The molecular formula is C10H14F3NOS2. The minimum Gasteiger partial charge on any atom is -0.242 e. The van der Waals surface area contributed by atoms with Crippen molar-refractivity contribution in [1.82, 2.24) is 4.72 Å². The summed E-state index contributed by atoms with van der Waals surface area (Å²) in [6, 6.07) is -0.496. The van der Waals surface area contributed by atoms with Crippen LogP contribution in [0.5, 0.6) is 0 Å². The minimum atomic E-state index is -4.46. The Labute approximate surface area is 105 Å². The summed E-state index contributed by atoms with van der Waals surface area (Å²) in [6.45, 7) is 4.87. The van der Waals surface area contributed by atoms with Crippen LogP contribution >= 0.6 is 11.3 Å². The van der Waals surface area contributed by atoms with Crippen LogP contribution in [0.2, 0.25) is 0 Å². The largest absolute Gasteiger partial charge is 0.408 e. The van der Waals surface area contributed by atoms with Crippen LogP contribution in [0, 0.1) is 0 Å². The molecule has 1 rings (SSSR count). The fourth-order valence-corrected chi connectivity index (χ4v) is 2.57. The molecule has 0 spiro atoms. The van der Waals surface area contributed by atoms with Crippen molar-refractivity contribution in [1.29, 1.82) is 0 Å². The van der Waals surface area contributed by atoms with Gasteiger partial charge in [0.05, 0.1) is 15.7 Å². The molecule has 1 heterocycles. The number of hydrogen-bond donors (Lipinski definition) is 1. The molecule has 0 aliphatic rings. The van der Waals surface area contributed by atoms with E-state index in [2.05, 4.69) is 4.72 Å². The third kappa shape index (κ3) is 4.08. The van der Waals surface area contributed by atoms with Crippen LogP contribution in [0.4, 0.5) is 13.2 Å². The van der Waals surface area contributed by atoms with Crippen molar-refractivity contribution < 1.29 is 17.4 Å². The van der Waals surface area contributed by atoms with Gasteiger partial charge in [-0.3, -0.25) is 0 Å². The van der Waals surface area contributed by atoms with Crippen LogP contribution < -0.4 is 4.72 Å². The number of thiophene rings is 1. The quantitative estimate of drug-likeness (QED) is 0.906. The van der Waals surface area contributed by atoms with E-state index in [1.165, 1.54) is 22.8 Å². The second-order valence-electron chi connectivity index (χ2n) is 4.53. The summed E-state index contributed by atoms with van der Waals surface area (Å²) in [5.74, 6) is 0. The Morgan fingerprint density at radius 2 is 1.94 bits per heavy atom. The maximum atomic E-state index is 12.8. The van der Waals surface area contributed by atoms with Gasteiger partial charge in [0.2, 0.25) is 0 Å². The van der Waals surface area contributed by atoms with Gasteiger partial charge in [0, 0.05) is 0 Å². The molecule has 7 heteroatoms. The fraction of sp³-hybridized carbons (Fsp3) is 0.600. The topological polar surface area (TPSA) is 29.1 Å². The second kappa shape index (κ2) is 5.07. The van der Waals surface area contributed by atoms with E-state index in [0.29, 0.717) is 0 Å². The molecule has 0 unspecified atom stereocenters. The van der Waals surface area contributed by atoms with Crippen molar-refractivity contribution >= 4 is 22.3 Å². The predicted molar refractivity (Wildman–Crippen MR) is 64.1 cm³/mol. The normalized spacial score (nSPS) is 16.8. The van der Waals surface area contributed by atoms with Crippen molar-refractivity contribution in [2.45, 2.75) is 37.7 Å². The predicted octanol–water partition coefficient (Wildman–Crippen LogP) is 3.40. The van der Waals surface area contributed by atoms with Gasteiger partial charge < -0.3 is 0 Å². The van der Waals surface area contributed by atoms with Crippen LogP contribution in [0.1, 0.15) is 32.4 Å². The van der Waals surface area contributed by atoms with Gasteiger partial charge in [-0.25, -0.2) is 8.93 Å². The molecule has 0 saturated carbocycles. The van der Waals surface area contributed by atoms with Crippen LogP contribution in [0.15, 0.2) is 16.8 Å². The molecule has 0 fully saturated rings. The molecule has 2 nitrogen and oxygen atoms in total. The molecule has 1 aromatic rings. The third-order valence-corrected chi connectivity index (χ3v) is 4.25. The summed E-state index contributed by atoms with van der Waals surface area (Å²) in [4.78, 5) is 0. The molecule has 0 aromatic carbocycles. The van der Waals surface area contributed by atoms with Gasteiger partial charge in [0.15, 0.2) is 0 Å². The van der Waals surface area contributed by atoms with E-state index >= 15 is 0 Å². The van der Waals surface area contributed by atoms with Gasteiger partial charge in [0.1, 0.15) is 6.04 Å². The Bertz CT molecular complexity index is 381. The molecule has 1 N–H and O–H groups in total. The van der Waals surface area contributed by atoms with E-state index < -0.39 is 28.0 Å². The lowest BCUT2D eigenvalue weighted by Gasteiger charge is -2.25. The molecule has 1 aromatic heterocycles. The van der Waals surface area contributed by atoms with Gasteiger partial charge in [-0.1, -0.05) is 0 Å². The molecule has 0 radical (unpaired) electrons. The highest BCUT2D eigenvalue weighted by Gasteiger charge is 2.43. The van der Waals surface area contributed by atoms with Crippen LogP contribution in [-0.2, 0) is 11.0 Å². The Hall–Kier alpha value is -0.400. The first kappa shape index (κ1) is 14.7. The van der Waals surface area contributed by atoms with E-state index in [-0.39, 0.29) is 5.56 Å². The number of alkyl halides is 3. The summed E-state index contributed by atoms with van der Waals surface area (Å²) in [7, 11) is -1.76. The zero-order chi connectivity index (χ0) is 13.3. The maximum absolute atomic E-state index is 12.8. The summed E-state index contributed by atoms with van der Waals surface area (Å²) in [6.07, 6.45) is -4.46. The Kier molecular flexibility index (Phi) is 4.38. The molecule has 98 valence electrons. The number of hydrogen-bond acceptors (Lipinski definition) is 2. The lowest BCUT2D eigenvalue weighted by Crippen LogP contribution is -2.41. The second-order valence-corrected chi connectivity index (χ2v) is 7.31. The van der Waals surface area contributed by atoms with Crippen LogP contribution in [0.25, 0.3) is 0 Å². The Morgan fingerprint density at radius 3 is 2.29 bits per heavy atom. The SMILES string of the molecule is CC(C)(C)[S@@](=O)N[C@@H](c1ccsc1)C(F)(F)F. The number of nitrogens with one attached hydrogen (secondary N) is 1. The van der Waals surface area contributed by atoms with E-state index in [0.717, 1.165) is 0 Å². The highest BCUT2D eigenvalue weighted by Crippen LogP contribution is 2.34. The molecule has 0 amide bonds. The first-order valence-electron chi connectivity index (χ1n) is 4.89. The summed E-state index contributed by atoms with van der Waals surface area (Å²) in [5.41, 5.74) is 0.0973.